The molecule has 0 amide bonds. The van der Waals surface area contributed by atoms with Gasteiger partial charge < -0.3 is 19.4 Å². The van der Waals surface area contributed by atoms with E-state index in [0.29, 0.717) is 13.1 Å². The van der Waals surface area contributed by atoms with Gasteiger partial charge in [-0.05, 0) is 25.0 Å². The Balaban J connectivity index is 1.74. The Morgan fingerprint density at radius 2 is 2.20 bits per heavy atom. The summed E-state index contributed by atoms with van der Waals surface area (Å²) in [6, 6.07) is 9.96. The second-order valence-electron chi connectivity index (χ2n) is 6.43. The number of aliphatic imine (C=N–C) groups is 1. The number of rotatable bonds is 4. The average Bonchev–Trinajstić information content (AvgIpc) is 3.21. The Kier molecular flexibility index (Phi) is 5.26. The SMILES string of the molecule is CCNC(=NCc1cc2ccccc2o1)N1CC(C)C(C(=O)OC)C1. The molecule has 0 spiro atoms. The summed E-state index contributed by atoms with van der Waals surface area (Å²) in [5, 5.41) is 4.39. The van der Waals surface area contributed by atoms with Gasteiger partial charge >= 0.3 is 5.97 Å². The number of hydrogen-bond acceptors (Lipinski definition) is 4. The van der Waals surface area contributed by atoms with Gasteiger partial charge in [-0.3, -0.25) is 4.79 Å². The molecule has 2 heterocycles. The number of carbonyl (C=O) groups excluding carboxylic acids is 1. The predicted molar refractivity (Wildman–Crippen MR) is 97.3 cm³/mol. The molecule has 0 saturated carbocycles. The summed E-state index contributed by atoms with van der Waals surface area (Å²) < 4.78 is 10.7. The molecule has 134 valence electrons. The highest BCUT2D eigenvalue weighted by atomic mass is 16.5. The molecule has 1 aromatic heterocycles. The second kappa shape index (κ2) is 7.59. The van der Waals surface area contributed by atoms with E-state index in [1.165, 1.54) is 7.11 Å². The van der Waals surface area contributed by atoms with E-state index < -0.39 is 0 Å². The highest BCUT2D eigenvalue weighted by Gasteiger charge is 2.36. The van der Waals surface area contributed by atoms with Crippen LogP contribution in [-0.2, 0) is 16.1 Å². The molecule has 1 aromatic carbocycles. The van der Waals surface area contributed by atoms with Crippen LogP contribution < -0.4 is 5.32 Å². The number of para-hydroxylation sites is 1. The van der Waals surface area contributed by atoms with Gasteiger partial charge in [0, 0.05) is 25.0 Å². The molecule has 1 aliphatic heterocycles. The summed E-state index contributed by atoms with van der Waals surface area (Å²) in [4.78, 5) is 18.7. The standard InChI is InChI=1S/C19H25N3O3/c1-4-20-19(22-11-13(2)16(12-22)18(23)24-3)21-10-15-9-14-7-5-6-8-17(14)25-15/h5-9,13,16H,4,10-12H2,1-3H3,(H,20,21). The van der Waals surface area contributed by atoms with Gasteiger partial charge in [0.25, 0.3) is 0 Å². The lowest BCUT2D eigenvalue weighted by atomic mass is 9.99. The third-order valence-electron chi connectivity index (χ3n) is 4.61. The van der Waals surface area contributed by atoms with Crippen molar-refractivity contribution in [1.82, 2.24) is 10.2 Å². The first-order valence-corrected chi connectivity index (χ1v) is 8.71. The number of fused-ring (bicyclic) bond motifs is 1. The third-order valence-corrected chi connectivity index (χ3v) is 4.61. The first kappa shape index (κ1) is 17.3. The molecule has 2 aromatic rings. The van der Waals surface area contributed by atoms with Crippen molar-refractivity contribution >= 4 is 22.9 Å². The van der Waals surface area contributed by atoms with Gasteiger partial charge in [-0.2, -0.15) is 0 Å². The molecule has 6 nitrogen and oxygen atoms in total. The van der Waals surface area contributed by atoms with E-state index in [1.807, 2.05) is 37.3 Å². The Morgan fingerprint density at radius 1 is 1.40 bits per heavy atom. The monoisotopic (exact) mass is 343 g/mol. The number of esters is 1. The quantitative estimate of drug-likeness (QED) is 0.525. The van der Waals surface area contributed by atoms with Crippen molar-refractivity contribution in [1.29, 1.82) is 0 Å². The first-order chi connectivity index (χ1) is 12.1. The third kappa shape index (κ3) is 3.78. The van der Waals surface area contributed by atoms with E-state index in [1.54, 1.807) is 0 Å². The van der Waals surface area contributed by atoms with Crippen LogP contribution in [0.15, 0.2) is 39.7 Å². The van der Waals surface area contributed by atoms with Crippen LogP contribution in [0.4, 0.5) is 0 Å². The fourth-order valence-corrected chi connectivity index (χ4v) is 3.29. The maximum atomic E-state index is 11.9. The van der Waals surface area contributed by atoms with E-state index in [4.69, 9.17) is 14.1 Å². The molecular formula is C19H25N3O3. The average molecular weight is 343 g/mol. The molecular weight excluding hydrogens is 318 g/mol. The van der Waals surface area contributed by atoms with Crippen LogP contribution in [0.5, 0.6) is 0 Å². The zero-order valence-electron chi connectivity index (χ0n) is 15.0. The Bertz CT molecular complexity index is 735. The minimum absolute atomic E-state index is 0.111. The summed E-state index contributed by atoms with van der Waals surface area (Å²) in [5.74, 6) is 1.61. The van der Waals surface area contributed by atoms with Crippen LogP contribution in [0.2, 0.25) is 0 Å². The van der Waals surface area contributed by atoms with Gasteiger partial charge in [0.1, 0.15) is 17.9 Å². The van der Waals surface area contributed by atoms with Crippen molar-refractivity contribution in [2.24, 2.45) is 16.8 Å². The summed E-state index contributed by atoms with van der Waals surface area (Å²) >= 11 is 0. The van der Waals surface area contributed by atoms with Gasteiger partial charge in [0.2, 0.25) is 0 Å². The number of likely N-dealkylation sites (tertiary alicyclic amines) is 1. The fraction of sp³-hybridized carbons (Fsp3) is 0.474. The van der Waals surface area contributed by atoms with E-state index in [9.17, 15) is 4.79 Å². The van der Waals surface area contributed by atoms with E-state index >= 15 is 0 Å². The molecule has 3 rings (SSSR count). The Labute approximate surface area is 147 Å². The Morgan fingerprint density at radius 3 is 2.92 bits per heavy atom. The van der Waals surface area contributed by atoms with Crippen molar-refractivity contribution < 1.29 is 13.9 Å². The highest BCUT2D eigenvalue weighted by molar-refractivity contribution is 5.82. The fourth-order valence-electron chi connectivity index (χ4n) is 3.29. The lowest BCUT2D eigenvalue weighted by molar-refractivity contribution is -0.145. The van der Waals surface area contributed by atoms with Gasteiger partial charge in [0.05, 0.1) is 13.0 Å². The van der Waals surface area contributed by atoms with Crippen LogP contribution in [0.25, 0.3) is 11.0 Å². The van der Waals surface area contributed by atoms with Crippen LogP contribution in [0.1, 0.15) is 19.6 Å². The maximum absolute atomic E-state index is 11.9. The lowest BCUT2D eigenvalue weighted by Crippen LogP contribution is -2.40. The molecule has 0 aliphatic carbocycles. The summed E-state index contributed by atoms with van der Waals surface area (Å²) in [6.45, 7) is 6.75. The number of benzene rings is 1. The number of nitrogens with zero attached hydrogens (tertiary/aromatic N) is 2. The molecule has 25 heavy (non-hydrogen) atoms. The molecule has 0 radical (unpaired) electrons. The van der Waals surface area contributed by atoms with Crippen molar-refractivity contribution in [3.05, 3.63) is 36.1 Å². The first-order valence-electron chi connectivity index (χ1n) is 8.71. The maximum Gasteiger partial charge on any atom is 0.310 e. The zero-order valence-corrected chi connectivity index (χ0v) is 15.0. The van der Waals surface area contributed by atoms with Crippen LogP contribution >= 0.6 is 0 Å². The molecule has 0 bridgehead atoms. The van der Waals surface area contributed by atoms with Crippen LogP contribution in [-0.4, -0.2) is 43.6 Å². The number of guanidine groups is 1. The van der Waals surface area contributed by atoms with E-state index in [2.05, 4.69) is 17.1 Å². The van der Waals surface area contributed by atoms with Crippen LogP contribution in [0, 0.1) is 11.8 Å². The number of nitrogens with one attached hydrogen (secondary N) is 1. The van der Waals surface area contributed by atoms with Crippen molar-refractivity contribution in [2.45, 2.75) is 20.4 Å². The largest absolute Gasteiger partial charge is 0.469 e. The smallest absolute Gasteiger partial charge is 0.310 e. The minimum atomic E-state index is -0.150. The molecule has 1 saturated heterocycles. The van der Waals surface area contributed by atoms with Crippen molar-refractivity contribution in [2.75, 3.05) is 26.7 Å². The number of ether oxygens (including phenoxy) is 1. The van der Waals surface area contributed by atoms with Crippen LogP contribution in [0.3, 0.4) is 0 Å². The number of methoxy groups -OCH3 is 1. The highest BCUT2D eigenvalue weighted by Crippen LogP contribution is 2.24. The second-order valence-corrected chi connectivity index (χ2v) is 6.43. The number of carbonyl (C=O) groups is 1. The van der Waals surface area contributed by atoms with E-state index in [-0.39, 0.29) is 17.8 Å². The lowest BCUT2D eigenvalue weighted by Gasteiger charge is -2.21. The van der Waals surface area contributed by atoms with E-state index in [0.717, 1.165) is 35.8 Å². The summed E-state index contributed by atoms with van der Waals surface area (Å²) in [6.07, 6.45) is 0. The van der Waals surface area contributed by atoms with Crippen molar-refractivity contribution in [3.8, 4) is 0 Å². The molecule has 2 atom stereocenters. The topological polar surface area (TPSA) is 67.1 Å². The predicted octanol–water partition coefficient (Wildman–Crippen LogP) is 2.64. The number of hydrogen-bond donors (Lipinski definition) is 1. The van der Waals surface area contributed by atoms with Gasteiger partial charge in [-0.15, -0.1) is 0 Å². The molecule has 1 fully saturated rings. The summed E-state index contributed by atoms with van der Waals surface area (Å²) in [7, 11) is 1.44. The van der Waals surface area contributed by atoms with Gasteiger partial charge in [0.15, 0.2) is 5.96 Å². The zero-order chi connectivity index (χ0) is 17.8. The molecule has 1 aliphatic rings. The van der Waals surface area contributed by atoms with Crippen molar-refractivity contribution in [3.63, 3.8) is 0 Å². The molecule has 1 N–H and O–H groups in total. The van der Waals surface area contributed by atoms with Gasteiger partial charge in [-0.25, -0.2) is 4.99 Å². The number of furan rings is 1. The normalized spacial score (nSPS) is 20.9. The minimum Gasteiger partial charge on any atom is -0.469 e. The Hall–Kier alpha value is -2.50. The summed E-state index contributed by atoms with van der Waals surface area (Å²) in [5.41, 5.74) is 0.873. The van der Waals surface area contributed by atoms with Gasteiger partial charge in [-0.1, -0.05) is 25.1 Å². The molecule has 6 heteroatoms. The molecule has 2 unspecified atom stereocenters.